The molecule has 0 saturated heterocycles. The Hall–Kier alpha value is -4.19. The van der Waals surface area contributed by atoms with E-state index in [-0.39, 0.29) is 17.7 Å². The van der Waals surface area contributed by atoms with Gasteiger partial charge in [0.05, 0.1) is 19.2 Å². The molecule has 0 aliphatic heterocycles. The fraction of sp³-hybridized carbons (Fsp3) is 0.174. The van der Waals surface area contributed by atoms with E-state index in [1.807, 2.05) is 0 Å². The average molecular weight is 435 g/mol. The van der Waals surface area contributed by atoms with Crippen molar-refractivity contribution in [2.75, 3.05) is 12.4 Å². The first-order chi connectivity index (χ1) is 15.3. The van der Waals surface area contributed by atoms with Crippen molar-refractivity contribution in [3.8, 4) is 5.75 Å². The maximum atomic E-state index is 14.2. The Labute approximate surface area is 181 Å². The summed E-state index contributed by atoms with van der Waals surface area (Å²) < 4.78 is 35.2. The highest BCUT2D eigenvalue weighted by molar-refractivity contribution is 6.00. The van der Waals surface area contributed by atoms with Crippen LogP contribution in [-0.4, -0.2) is 27.6 Å². The van der Waals surface area contributed by atoms with Crippen LogP contribution in [0.3, 0.4) is 0 Å². The van der Waals surface area contributed by atoms with E-state index in [4.69, 9.17) is 10.5 Å². The molecule has 1 amide bonds. The van der Waals surface area contributed by atoms with E-state index in [1.165, 1.54) is 24.5 Å². The number of fused-ring (bicyclic) bond motifs is 1. The molecule has 1 aliphatic carbocycles. The van der Waals surface area contributed by atoms with Crippen molar-refractivity contribution in [3.63, 3.8) is 0 Å². The van der Waals surface area contributed by atoms with Gasteiger partial charge >= 0.3 is 0 Å². The molecule has 0 fully saturated rings. The monoisotopic (exact) mass is 435 g/mol. The fourth-order valence-corrected chi connectivity index (χ4v) is 3.34. The van der Waals surface area contributed by atoms with Crippen LogP contribution < -0.4 is 26.5 Å². The third kappa shape index (κ3) is 4.16. The molecule has 4 rings (SSSR count). The summed E-state index contributed by atoms with van der Waals surface area (Å²) in [5.74, 6) is -2.66. The minimum Gasteiger partial charge on any atom is -0.497 e. The van der Waals surface area contributed by atoms with Crippen molar-refractivity contribution < 1.29 is 18.3 Å². The van der Waals surface area contributed by atoms with Crippen LogP contribution in [0, 0.1) is 0 Å². The Morgan fingerprint density at radius 3 is 2.66 bits per heavy atom. The Kier molecular flexibility index (Phi) is 5.36. The number of hydrogen-bond donors (Lipinski definition) is 2. The molecule has 1 aromatic carbocycles. The van der Waals surface area contributed by atoms with Gasteiger partial charge in [-0.3, -0.25) is 14.3 Å². The fourth-order valence-electron chi connectivity index (χ4n) is 3.34. The molecule has 0 spiro atoms. The van der Waals surface area contributed by atoms with Gasteiger partial charge in [-0.05, 0) is 47.7 Å². The standard InChI is InChI=1S/C23H19F2N5O2/c1-23(24,25)18-9-10-27-12-15(18)13-30-20-8-3-14(21(26)31)11-19(20)29-22(30)28-16-4-6-17(32-2)7-5-16/h4-7,9-12H,13H2,1-2H3,(H2,26,31)(H,28,29). The third-order valence-corrected chi connectivity index (χ3v) is 4.91. The topological polar surface area (TPSA) is 95.1 Å². The number of nitrogens with zero attached hydrogens (tertiary/aromatic N) is 3. The summed E-state index contributed by atoms with van der Waals surface area (Å²) in [6.45, 7) is 0.884. The van der Waals surface area contributed by atoms with E-state index >= 15 is 0 Å². The zero-order valence-corrected chi connectivity index (χ0v) is 17.3. The molecule has 3 aromatic rings. The lowest BCUT2D eigenvalue weighted by atomic mass is 10.1. The number of anilines is 2. The number of carbonyl (C=O) groups is 1. The number of carbonyl (C=O) groups excluding carboxylic acids is 1. The third-order valence-electron chi connectivity index (χ3n) is 4.91. The van der Waals surface area contributed by atoms with E-state index in [0.29, 0.717) is 33.6 Å². The van der Waals surface area contributed by atoms with Crippen LogP contribution in [0.15, 0.2) is 54.0 Å². The Balaban J connectivity index is 1.85. The van der Waals surface area contributed by atoms with Crippen molar-refractivity contribution in [3.05, 3.63) is 75.9 Å². The van der Waals surface area contributed by atoms with Gasteiger partial charge in [0.15, 0.2) is 0 Å². The number of imidazole rings is 1. The van der Waals surface area contributed by atoms with Crippen molar-refractivity contribution in [2.24, 2.45) is 5.73 Å². The predicted octanol–water partition coefficient (Wildman–Crippen LogP) is 1.93. The van der Waals surface area contributed by atoms with Gasteiger partial charge in [-0.2, -0.15) is 0 Å². The number of alkyl halides is 2. The van der Waals surface area contributed by atoms with Crippen molar-refractivity contribution in [1.82, 2.24) is 14.5 Å². The molecular weight excluding hydrogens is 416 g/mol. The maximum absolute atomic E-state index is 14.2. The molecule has 0 radical (unpaired) electrons. The van der Waals surface area contributed by atoms with Crippen LogP contribution in [-0.2, 0) is 17.3 Å². The highest BCUT2D eigenvalue weighted by atomic mass is 19.3. The Bertz CT molecular complexity index is 1390. The SMILES string of the molecule is COc1ccc(Nc2nc3c(n2Cc2cnccc2C(C)(F)F)=C=C=C(C(N)=O)C=3)cc1. The number of amides is 1. The van der Waals surface area contributed by atoms with Gasteiger partial charge in [0, 0.05) is 30.6 Å². The second-order valence-electron chi connectivity index (χ2n) is 7.20. The zero-order valence-electron chi connectivity index (χ0n) is 17.3. The molecule has 162 valence electrons. The largest absolute Gasteiger partial charge is 0.497 e. The smallest absolute Gasteiger partial charge is 0.270 e. The zero-order chi connectivity index (χ0) is 22.9. The lowest BCUT2D eigenvalue weighted by Gasteiger charge is -2.17. The summed E-state index contributed by atoms with van der Waals surface area (Å²) in [5.41, 5.74) is 11.9. The molecule has 9 heteroatoms. The van der Waals surface area contributed by atoms with E-state index in [1.54, 1.807) is 35.9 Å². The van der Waals surface area contributed by atoms with Gasteiger partial charge in [0.2, 0.25) is 5.95 Å². The summed E-state index contributed by atoms with van der Waals surface area (Å²) in [6.07, 6.45) is 4.22. The minimum atomic E-state index is -3.05. The number of ether oxygens (including phenoxy) is 1. The predicted molar refractivity (Wildman–Crippen MR) is 115 cm³/mol. The number of nitrogens with two attached hydrogens (primary N) is 1. The number of primary amides is 1. The van der Waals surface area contributed by atoms with Crippen molar-refractivity contribution in [2.45, 2.75) is 19.4 Å². The number of methoxy groups -OCH3 is 1. The Morgan fingerprint density at radius 2 is 2.00 bits per heavy atom. The normalized spacial score (nSPS) is 12.3. The lowest BCUT2D eigenvalue weighted by Crippen LogP contribution is -2.32. The highest BCUT2D eigenvalue weighted by Crippen LogP contribution is 2.30. The van der Waals surface area contributed by atoms with Crippen LogP contribution in [0.25, 0.3) is 11.8 Å². The van der Waals surface area contributed by atoms with E-state index in [2.05, 4.69) is 26.7 Å². The highest BCUT2D eigenvalue weighted by Gasteiger charge is 2.28. The van der Waals surface area contributed by atoms with Gasteiger partial charge in [-0.1, -0.05) is 5.73 Å². The quantitative estimate of drug-likeness (QED) is 0.553. The molecular formula is C23H19F2N5O2. The molecule has 0 atom stereocenters. The maximum Gasteiger partial charge on any atom is 0.270 e. The van der Waals surface area contributed by atoms with E-state index in [9.17, 15) is 13.6 Å². The van der Waals surface area contributed by atoms with Crippen LogP contribution in [0.2, 0.25) is 0 Å². The summed E-state index contributed by atoms with van der Waals surface area (Å²) >= 11 is 0. The second kappa shape index (κ2) is 8.15. The molecule has 0 bridgehead atoms. The van der Waals surface area contributed by atoms with Gasteiger partial charge in [0.1, 0.15) is 16.4 Å². The van der Waals surface area contributed by atoms with Crippen molar-refractivity contribution in [1.29, 1.82) is 0 Å². The number of pyridine rings is 1. The van der Waals surface area contributed by atoms with Crippen LogP contribution >= 0.6 is 0 Å². The second-order valence-corrected chi connectivity index (χ2v) is 7.20. The first kappa shape index (κ1) is 21.1. The molecule has 7 nitrogen and oxygen atoms in total. The summed E-state index contributed by atoms with van der Waals surface area (Å²) in [6, 6.07) is 8.44. The first-order valence-corrected chi connectivity index (χ1v) is 9.62. The summed E-state index contributed by atoms with van der Waals surface area (Å²) in [5, 5.41) is 4.07. The minimum absolute atomic E-state index is 0.0435. The number of benzene rings is 1. The van der Waals surface area contributed by atoms with Gasteiger partial charge in [0.25, 0.3) is 11.8 Å². The van der Waals surface area contributed by atoms with Gasteiger partial charge in [-0.25, -0.2) is 13.8 Å². The van der Waals surface area contributed by atoms with E-state index < -0.39 is 11.8 Å². The number of nitrogens with one attached hydrogen (secondary N) is 1. The first-order valence-electron chi connectivity index (χ1n) is 9.62. The number of aromatic nitrogens is 3. The summed E-state index contributed by atoms with van der Waals surface area (Å²) in [4.78, 5) is 20.1. The molecule has 32 heavy (non-hydrogen) atoms. The van der Waals surface area contributed by atoms with Gasteiger partial charge in [-0.15, -0.1) is 0 Å². The molecule has 0 unspecified atom stereocenters. The van der Waals surface area contributed by atoms with Crippen molar-refractivity contribution >= 4 is 29.4 Å². The van der Waals surface area contributed by atoms with Crippen LogP contribution in [0.5, 0.6) is 5.75 Å². The van der Waals surface area contributed by atoms with Crippen LogP contribution in [0.4, 0.5) is 20.4 Å². The van der Waals surface area contributed by atoms with Crippen LogP contribution in [0.1, 0.15) is 18.1 Å². The average Bonchev–Trinajstić information content (AvgIpc) is 3.10. The lowest BCUT2D eigenvalue weighted by molar-refractivity contribution is -0.114. The Morgan fingerprint density at radius 1 is 1.25 bits per heavy atom. The molecule has 3 N–H and O–H groups in total. The number of hydrogen-bond acceptors (Lipinski definition) is 5. The number of halogens is 2. The molecule has 2 aromatic heterocycles. The van der Waals surface area contributed by atoms with Gasteiger partial charge < -0.3 is 15.8 Å². The molecule has 1 aliphatic rings. The molecule has 2 heterocycles. The number of rotatable bonds is 7. The molecule has 0 saturated carbocycles. The van der Waals surface area contributed by atoms with E-state index in [0.717, 1.165) is 6.92 Å². The summed E-state index contributed by atoms with van der Waals surface area (Å²) in [7, 11) is 1.57.